The molecular formula is C14H20N4NiO2-4. The van der Waals surface area contributed by atoms with Crippen molar-refractivity contribution in [1.82, 2.24) is 0 Å². The number of hydrogen-bond donors (Lipinski definition) is 0. The summed E-state index contributed by atoms with van der Waals surface area (Å²) in [7, 11) is 0. The first-order valence-corrected chi connectivity index (χ1v) is 7.18. The molecule has 1 saturated heterocycles. The Morgan fingerprint density at radius 1 is 1.00 bits per heavy atom. The van der Waals surface area contributed by atoms with Crippen LogP contribution in [0.25, 0.3) is 21.3 Å². The average Bonchev–Trinajstić information content (AvgIpc) is 2.53. The van der Waals surface area contributed by atoms with Crippen LogP contribution in [-0.4, -0.2) is 50.1 Å². The number of hydrogen-bond acceptors (Lipinski definition) is 2. The molecule has 2 aliphatic rings. The molecule has 0 saturated carbocycles. The summed E-state index contributed by atoms with van der Waals surface area (Å²) < 4.78 is 0. The SMILES string of the molecule is O=C([N-]CC[N-]C(=O)C1CCCC[N-]1)C1CC=CC[N-]1.[Ni]. The number of nitrogens with zero attached hydrogens (tertiary/aromatic N) is 4. The van der Waals surface area contributed by atoms with Crippen LogP contribution in [-0.2, 0) is 26.1 Å². The summed E-state index contributed by atoms with van der Waals surface area (Å²) in [5.41, 5.74) is 0. The Hall–Kier alpha value is -0.906. The van der Waals surface area contributed by atoms with Gasteiger partial charge in [-0.05, 0) is 6.42 Å². The van der Waals surface area contributed by atoms with E-state index in [4.69, 9.17) is 0 Å². The summed E-state index contributed by atoms with van der Waals surface area (Å²) in [6.07, 6.45) is 7.40. The van der Waals surface area contributed by atoms with Crippen LogP contribution in [0.15, 0.2) is 12.2 Å². The van der Waals surface area contributed by atoms with Gasteiger partial charge in [0.05, 0.1) is 0 Å². The molecule has 2 aliphatic heterocycles. The van der Waals surface area contributed by atoms with Crippen molar-refractivity contribution in [1.29, 1.82) is 0 Å². The first kappa shape index (κ1) is 18.1. The van der Waals surface area contributed by atoms with E-state index in [0.717, 1.165) is 25.8 Å². The normalized spacial score (nSPS) is 24.8. The number of rotatable bonds is 5. The largest absolute Gasteiger partial charge is 0.656 e. The Morgan fingerprint density at radius 2 is 1.71 bits per heavy atom. The van der Waals surface area contributed by atoms with E-state index in [9.17, 15) is 9.59 Å². The van der Waals surface area contributed by atoms with Crippen LogP contribution in [0.1, 0.15) is 25.7 Å². The molecule has 0 radical (unpaired) electrons. The second kappa shape index (κ2) is 9.93. The average molecular weight is 335 g/mol. The van der Waals surface area contributed by atoms with Gasteiger partial charge in [0.1, 0.15) is 0 Å². The number of piperidine rings is 1. The van der Waals surface area contributed by atoms with Crippen LogP contribution < -0.4 is 0 Å². The van der Waals surface area contributed by atoms with E-state index in [-0.39, 0.29) is 53.5 Å². The predicted octanol–water partition coefficient (Wildman–Crippen LogP) is 2.41. The zero-order valence-corrected chi connectivity index (χ0v) is 12.9. The van der Waals surface area contributed by atoms with Gasteiger partial charge in [-0.15, -0.1) is 32.3 Å². The molecule has 2 atom stereocenters. The summed E-state index contributed by atoms with van der Waals surface area (Å²) in [5.74, 6) is -0.378. The monoisotopic (exact) mass is 334 g/mol. The quantitative estimate of drug-likeness (QED) is 0.439. The molecule has 0 spiro atoms. The Balaban J connectivity index is 0.00000220. The van der Waals surface area contributed by atoms with E-state index in [0.29, 0.717) is 13.0 Å². The Morgan fingerprint density at radius 3 is 2.29 bits per heavy atom. The minimum Gasteiger partial charge on any atom is -0.656 e. The molecule has 122 valence electrons. The van der Waals surface area contributed by atoms with Crippen molar-refractivity contribution < 1.29 is 26.1 Å². The van der Waals surface area contributed by atoms with Gasteiger partial charge >= 0.3 is 0 Å². The van der Waals surface area contributed by atoms with Gasteiger partial charge in [0.15, 0.2) is 0 Å². The molecule has 1 fully saturated rings. The Labute approximate surface area is 135 Å². The van der Waals surface area contributed by atoms with E-state index in [1.54, 1.807) is 0 Å². The molecule has 0 bridgehead atoms. The molecule has 6 nitrogen and oxygen atoms in total. The second-order valence-electron chi connectivity index (χ2n) is 4.95. The van der Waals surface area contributed by atoms with Crippen molar-refractivity contribution in [2.45, 2.75) is 37.8 Å². The fourth-order valence-electron chi connectivity index (χ4n) is 2.26. The number of amides is 2. The minimum atomic E-state index is -0.343. The third kappa shape index (κ3) is 6.16. The van der Waals surface area contributed by atoms with Crippen molar-refractivity contribution in [3.05, 3.63) is 33.4 Å². The smallest absolute Gasteiger partial charge is 0.0336 e. The molecule has 2 rings (SSSR count). The molecule has 0 aromatic carbocycles. The number of carbonyl (C=O) groups excluding carboxylic acids is 2. The summed E-state index contributed by atoms with van der Waals surface area (Å²) in [6, 6.07) is -0.609. The third-order valence-electron chi connectivity index (χ3n) is 3.40. The maximum Gasteiger partial charge on any atom is 0.0336 e. The van der Waals surface area contributed by atoms with Crippen molar-refractivity contribution in [3.63, 3.8) is 0 Å². The predicted molar refractivity (Wildman–Crippen MR) is 78.1 cm³/mol. The molecule has 21 heavy (non-hydrogen) atoms. The van der Waals surface area contributed by atoms with Crippen molar-refractivity contribution in [2.75, 3.05) is 26.2 Å². The molecule has 0 aliphatic carbocycles. The van der Waals surface area contributed by atoms with Crippen LogP contribution in [0, 0.1) is 0 Å². The first-order chi connectivity index (χ1) is 9.77. The molecule has 2 amide bonds. The van der Waals surface area contributed by atoms with Crippen LogP contribution in [0.5, 0.6) is 0 Å². The zero-order chi connectivity index (χ0) is 14.2. The van der Waals surface area contributed by atoms with E-state index >= 15 is 0 Å². The van der Waals surface area contributed by atoms with Gasteiger partial charge in [0.25, 0.3) is 0 Å². The fraction of sp³-hybridized carbons (Fsp3) is 0.714. The van der Waals surface area contributed by atoms with E-state index in [1.807, 2.05) is 12.2 Å². The van der Waals surface area contributed by atoms with Gasteiger partial charge in [-0.1, -0.05) is 37.4 Å². The molecule has 0 N–H and O–H groups in total. The first-order valence-electron chi connectivity index (χ1n) is 7.18. The van der Waals surface area contributed by atoms with Gasteiger partial charge < -0.3 is 30.9 Å². The Kier molecular flexibility index (Phi) is 8.58. The minimum absolute atomic E-state index is 0. The standard InChI is InChI=1S/C14H22N4O2.Ni/c19-13(11-5-1-3-7-15-11)17-9-10-18-14(20)12-6-2-4-8-16-12;/h1,3,11-12H,2,4-10H2,(H2,17,18,19,20);/q-2;/p-2. The van der Waals surface area contributed by atoms with Gasteiger partial charge in [-0.25, -0.2) is 0 Å². The molecule has 7 heteroatoms. The maximum absolute atomic E-state index is 11.7. The van der Waals surface area contributed by atoms with Gasteiger partial charge in [0, 0.05) is 28.3 Å². The van der Waals surface area contributed by atoms with Crippen LogP contribution >= 0.6 is 0 Å². The molecular weight excluding hydrogens is 315 g/mol. The number of carbonyl (C=O) groups is 2. The molecule has 2 heterocycles. The van der Waals surface area contributed by atoms with Crippen molar-refractivity contribution in [3.8, 4) is 0 Å². The van der Waals surface area contributed by atoms with Crippen LogP contribution in [0.2, 0.25) is 0 Å². The van der Waals surface area contributed by atoms with Crippen molar-refractivity contribution in [2.24, 2.45) is 0 Å². The maximum atomic E-state index is 11.7. The summed E-state index contributed by atoms with van der Waals surface area (Å²) in [5, 5.41) is 16.3. The van der Waals surface area contributed by atoms with Crippen molar-refractivity contribution >= 4 is 11.8 Å². The fourth-order valence-corrected chi connectivity index (χ4v) is 2.26. The van der Waals surface area contributed by atoms with Gasteiger partial charge in [-0.2, -0.15) is 0 Å². The Bertz CT molecular complexity index is 370. The third-order valence-corrected chi connectivity index (χ3v) is 3.40. The summed E-state index contributed by atoms with van der Waals surface area (Å²) in [4.78, 5) is 23.4. The van der Waals surface area contributed by atoms with Gasteiger partial charge in [0.2, 0.25) is 0 Å². The topological polar surface area (TPSA) is 90.5 Å². The summed E-state index contributed by atoms with van der Waals surface area (Å²) >= 11 is 0. The van der Waals surface area contributed by atoms with E-state index in [2.05, 4.69) is 21.3 Å². The van der Waals surface area contributed by atoms with E-state index in [1.165, 1.54) is 0 Å². The summed E-state index contributed by atoms with van der Waals surface area (Å²) in [6.45, 7) is 1.86. The second-order valence-corrected chi connectivity index (χ2v) is 4.95. The molecule has 2 unspecified atom stereocenters. The van der Waals surface area contributed by atoms with E-state index < -0.39 is 0 Å². The zero-order valence-electron chi connectivity index (χ0n) is 11.9. The molecule has 0 aromatic rings. The molecule has 0 aromatic heterocycles. The van der Waals surface area contributed by atoms with Crippen LogP contribution in [0.4, 0.5) is 0 Å². The van der Waals surface area contributed by atoms with Gasteiger partial charge in [-0.3, -0.25) is 0 Å². The van der Waals surface area contributed by atoms with Crippen LogP contribution in [0.3, 0.4) is 0 Å².